The van der Waals surface area contributed by atoms with Crippen LogP contribution < -0.4 is 5.73 Å². The molecule has 4 atom stereocenters. The number of likely N-dealkylation sites (N-methyl/N-ethyl adjacent to an activating group) is 1. The van der Waals surface area contributed by atoms with E-state index in [0.717, 1.165) is 36.1 Å². The molecule has 2 N–H and O–H groups in total. The highest BCUT2D eigenvalue weighted by Crippen LogP contribution is 2.44. The van der Waals surface area contributed by atoms with Crippen molar-refractivity contribution in [3.63, 3.8) is 0 Å². The number of hydrogen-bond acceptors (Lipinski definition) is 5. The molecule has 0 spiro atoms. The van der Waals surface area contributed by atoms with E-state index in [2.05, 4.69) is 22.0 Å². The van der Waals surface area contributed by atoms with Crippen molar-refractivity contribution in [1.29, 1.82) is 0 Å². The molecule has 226 valence electrons. The number of benzene rings is 1. The van der Waals surface area contributed by atoms with Gasteiger partial charge >= 0.3 is 0 Å². The van der Waals surface area contributed by atoms with Gasteiger partial charge in [-0.25, -0.2) is 22.7 Å². The van der Waals surface area contributed by atoms with Gasteiger partial charge in [0.1, 0.15) is 23.1 Å². The average molecular weight is 591 g/mol. The molecule has 10 heteroatoms. The van der Waals surface area contributed by atoms with Gasteiger partial charge in [-0.2, -0.15) is 5.10 Å². The Bertz CT molecular complexity index is 1630. The maximum atomic E-state index is 15.3. The maximum absolute atomic E-state index is 15.3. The summed E-state index contributed by atoms with van der Waals surface area (Å²) < 4.78 is 47.5. The Morgan fingerprint density at radius 1 is 1.12 bits per heavy atom. The van der Waals surface area contributed by atoms with E-state index in [0.29, 0.717) is 30.6 Å². The summed E-state index contributed by atoms with van der Waals surface area (Å²) in [7, 11) is 1.81. The summed E-state index contributed by atoms with van der Waals surface area (Å²) in [5.41, 5.74) is 7.57. The Hall–Kier alpha value is -3.79. The number of carbonyl (C=O) groups excluding carboxylic acids is 1. The lowest BCUT2D eigenvalue weighted by molar-refractivity contribution is -0.131. The molecule has 2 saturated carbocycles. The van der Waals surface area contributed by atoms with Gasteiger partial charge in [0, 0.05) is 44.9 Å². The van der Waals surface area contributed by atoms with Crippen LogP contribution in [-0.2, 0) is 16.9 Å². The minimum atomic E-state index is -1.69. The van der Waals surface area contributed by atoms with Crippen LogP contribution in [-0.4, -0.2) is 49.5 Å². The quantitative estimate of drug-likeness (QED) is 0.294. The zero-order valence-corrected chi connectivity index (χ0v) is 24.7. The highest BCUT2D eigenvalue weighted by atomic mass is 19.1. The Morgan fingerprint density at radius 2 is 1.84 bits per heavy atom. The van der Waals surface area contributed by atoms with Gasteiger partial charge in [-0.05, 0) is 97.4 Å². The summed E-state index contributed by atoms with van der Waals surface area (Å²) in [4.78, 5) is 22.8. The number of hydrogen-bond donors (Lipinski definition) is 1. The molecule has 2 fully saturated rings. The van der Waals surface area contributed by atoms with E-state index in [9.17, 15) is 4.79 Å². The number of pyridine rings is 1. The molecule has 3 aromatic heterocycles. The predicted octanol–water partition coefficient (Wildman–Crippen LogP) is 6.09. The highest BCUT2D eigenvalue weighted by Gasteiger charge is 2.39. The zero-order valence-electron chi connectivity index (χ0n) is 24.7. The standard InChI is InChI=1S/C33H37F3N6O/c1-19-12-21(13-28(37)32(19)41(3)20(2)43)25-8-11-38-17-22(25)14-30-39-18-24-6-7-29(40-42(24)30)31-26(34)15-23(16-27(31)35)33(36)9-4-5-10-33/h6-8,11,15-19,21,28,32H,4-5,9-10,12-14,37H2,1-3H3/t19-,21+,28+,32-/m0/s1. The van der Waals surface area contributed by atoms with Crippen molar-refractivity contribution in [3.8, 4) is 11.3 Å². The zero-order chi connectivity index (χ0) is 30.5. The fraction of sp³-hybridized carbons (Fsp3) is 0.455. The Balaban J connectivity index is 1.30. The van der Waals surface area contributed by atoms with Gasteiger partial charge in [0.25, 0.3) is 0 Å². The van der Waals surface area contributed by atoms with Gasteiger partial charge in [0.15, 0.2) is 0 Å². The van der Waals surface area contributed by atoms with Crippen LogP contribution in [0, 0.1) is 17.6 Å². The molecule has 4 aromatic rings. The number of carbonyl (C=O) groups is 1. The molecule has 0 radical (unpaired) electrons. The SMILES string of the molecule is CC(=O)N(C)[C@@H]1[C@H](N)C[C@H](c2ccncc2Cc2ncc3ccc(-c4c(F)cc(C5(F)CCCC5)cc4F)nn23)C[C@@H]1C. The maximum Gasteiger partial charge on any atom is 0.219 e. The predicted molar refractivity (Wildman–Crippen MR) is 158 cm³/mol. The van der Waals surface area contributed by atoms with E-state index in [1.807, 2.05) is 19.3 Å². The third-order valence-electron chi connectivity index (χ3n) is 9.57. The fourth-order valence-corrected chi connectivity index (χ4v) is 7.35. The molecule has 0 bridgehead atoms. The molecule has 43 heavy (non-hydrogen) atoms. The molecule has 2 aliphatic rings. The number of aromatic nitrogens is 4. The third-order valence-corrected chi connectivity index (χ3v) is 9.57. The van der Waals surface area contributed by atoms with Crippen molar-refractivity contribution in [3.05, 3.63) is 83.1 Å². The van der Waals surface area contributed by atoms with Crippen molar-refractivity contribution in [2.45, 2.75) is 82.5 Å². The Labute approximate surface area is 249 Å². The van der Waals surface area contributed by atoms with Crippen LogP contribution in [0.4, 0.5) is 13.2 Å². The van der Waals surface area contributed by atoms with Gasteiger partial charge in [-0.3, -0.25) is 9.78 Å². The summed E-state index contributed by atoms with van der Waals surface area (Å²) in [5.74, 6) is -0.687. The lowest BCUT2D eigenvalue weighted by Gasteiger charge is -2.43. The van der Waals surface area contributed by atoms with Gasteiger partial charge in [0.2, 0.25) is 5.91 Å². The molecule has 0 unspecified atom stereocenters. The minimum Gasteiger partial charge on any atom is -0.341 e. The van der Waals surface area contributed by atoms with E-state index in [1.54, 1.807) is 40.9 Å². The second-order valence-corrected chi connectivity index (χ2v) is 12.4. The molecule has 1 aromatic carbocycles. The first-order valence-corrected chi connectivity index (χ1v) is 15.0. The summed E-state index contributed by atoms with van der Waals surface area (Å²) in [6, 6.07) is 7.31. The third kappa shape index (κ3) is 5.41. The van der Waals surface area contributed by atoms with Crippen LogP contribution >= 0.6 is 0 Å². The van der Waals surface area contributed by atoms with Crippen molar-refractivity contribution in [2.75, 3.05) is 7.05 Å². The number of amides is 1. The first-order chi connectivity index (χ1) is 20.6. The number of imidazole rings is 1. The van der Waals surface area contributed by atoms with Crippen LogP contribution in [0.25, 0.3) is 16.8 Å². The summed E-state index contributed by atoms with van der Waals surface area (Å²) in [6.45, 7) is 3.70. The van der Waals surface area contributed by atoms with Gasteiger partial charge in [0.05, 0.1) is 23.0 Å². The van der Waals surface area contributed by atoms with Crippen molar-refractivity contribution >= 4 is 11.4 Å². The number of nitrogens with two attached hydrogens (primary N) is 1. The van der Waals surface area contributed by atoms with E-state index >= 15 is 13.2 Å². The number of alkyl halides is 1. The van der Waals surface area contributed by atoms with Crippen LogP contribution in [0.15, 0.2) is 48.9 Å². The lowest BCUT2D eigenvalue weighted by atomic mass is 9.72. The van der Waals surface area contributed by atoms with Crippen LogP contribution in [0.5, 0.6) is 0 Å². The number of halogens is 3. The summed E-state index contributed by atoms with van der Waals surface area (Å²) in [6.07, 6.45) is 9.19. The van der Waals surface area contributed by atoms with E-state index in [4.69, 9.17) is 5.73 Å². The molecular weight excluding hydrogens is 553 g/mol. The number of rotatable bonds is 6. The van der Waals surface area contributed by atoms with Gasteiger partial charge < -0.3 is 10.6 Å². The summed E-state index contributed by atoms with van der Waals surface area (Å²) in [5, 5.41) is 4.58. The second kappa shape index (κ2) is 11.4. The average Bonchev–Trinajstić information content (AvgIpc) is 3.59. The topological polar surface area (TPSA) is 89.4 Å². The first kappa shape index (κ1) is 29.3. The van der Waals surface area contributed by atoms with Gasteiger partial charge in [-0.1, -0.05) is 6.92 Å². The van der Waals surface area contributed by atoms with E-state index in [1.165, 1.54) is 0 Å². The fourth-order valence-electron chi connectivity index (χ4n) is 7.35. The van der Waals surface area contributed by atoms with E-state index < -0.39 is 17.3 Å². The Kier molecular flexibility index (Phi) is 7.75. The molecule has 2 aliphatic carbocycles. The highest BCUT2D eigenvalue weighted by molar-refractivity contribution is 5.73. The smallest absolute Gasteiger partial charge is 0.219 e. The molecular formula is C33H37F3N6O. The molecule has 3 heterocycles. The Morgan fingerprint density at radius 3 is 2.51 bits per heavy atom. The first-order valence-electron chi connectivity index (χ1n) is 15.0. The normalized spacial score (nSPS) is 23.5. The van der Waals surface area contributed by atoms with E-state index in [-0.39, 0.29) is 59.5 Å². The molecule has 7 nitrogen and oxygen atoms in total. The molecule has 0 aliphatic heterocycles. The number of fused-ring (bicyclic) bond motifs is 1. The van der Waals surface area contributed by atoms with Crippen molar-refractivity contribution in [1.82, 2.24) is 24.5 Å². The van der Waals surface area contributed by atoms with Crippen LogP contribution in [0.3, 0.4) is 0 Å². The van der Waals surface area contributed by atoms with Crippen LogP contribution in [0.2, 0.25) is 0 Å². The monoisotopic (exact) mass is 590 g/mol. The van der Waals surface area contributed by atoms with Gasteiger partial charge in [-0.15, -0.1) is 0 Å². The number of nitrogens with zero attached hydrogens (tertiary/aromatic N) is 5. The minimum absolute atomic E-state index is 0.00394. The van der Waals surface area contributed by atoms with Crippen molar-refractivity contribution in [2.24, 2.45) is 11.7 Å². The largest absolute Gasteiger partial charge is 0.341 e. The molecule has 0 saturated heterocycles. The van der Waals surface area contributed by atoms with Crippen molar-refractivity contribution < 1.29 is 18.0 Å². The molecule has 6 rings (SSSR count). The molecule has 1 amide bonds. The second-order valence-electron chi connectivity index (χ2n) is 12.4. The summed E-state index contributed by atoms with van der Waals surface area (Å²) >= 11 is 0. The lowest BCUT2D eigenvalue weighted by Crippen LogP contribution is -2.54. The van der Waals surface area contributed by atoms with Crippen LogP contribution in [0.1, 0.15) is 80.8 Å².